The molecule has 0 fully saturated rings. The molecule has 3 N–H and O–H groups in total. The first kappa shape index (κ1) is 16.8. The molecule has 0 atom stereocenters. The second-order valence-corrected chi connectivity index (χ2v) is 5.95. The summed E-state index contributed by atoms with van der Waals surface area (Å²) in [5.74, 6) is -1.31. The van der Waals surface area contributed by atoms with E-state index in [1.165, 1.54) is 31.4 Å². The molecular formula is C12H16N2O6S. The van der Waals surface area contributed by atoms with Crippen molar-refractivity contribution in [3.8, 4) is 0 Å². The average molecular weight is 316 g/mol. The van der Waals surface area contributed by atoms with Gasteiger partial charge in [-0.3, -0.25) is 14.8 Å². The van der Waals surface area contributed by atoms with Gasteiger partial charge in [0.1, 0.15) is 0 Å². The Bertz CT molecular complexity index is 597. The van der Waals surface area contributed by atoms with Gasteiger partial charge >= 0.3 is 12.1 Å². The van der Waals surface area contributed by atoms with Gasteiger partial charge in [0.2, 0.25) is 10.0 Å². The largest absolute Gasteiger partial charge is 0.481 e. The zero-order valence-electron chi connectivity index (χ0n) is 11.3. The Morgan fingerprint density at radius 3 is 2.29 bits per heavy atom. The molecule has 0 saturated heterocycles. The van der Waals surface area contributed by atoms with Crippen LogP contribution >= 0.6 is 0 Å². The molecule has 0 heterocycles. The summed E-state index contributed by atoms with van der Waals surface area (Å²) in [6, 6.07) is 5.96. The van der Waals surface area contributed by atoms with E-state index in [2.05, 4.69) is 14.8 Å². The molecular weight excluding hydrogens is 300 g/mol. The summed E-state index contributed by atoms with van der Waals surface area (Å²) in [4.78, 5) is 21.3. The number of carboxylic acids is 1. The normalized spacial score (nSPS) is 10.7. The van der Waals surface area contributed by atoms with Crippen molar-refractivity contribution in [1.29, 1.82) is 0 Å². The van der Waals surface area contributed by atoms with E-state index < -0.39 is 22.1 Å². The van der Waals surface area contributed by atoms with Crippen LogP contribution in [0.2, 0.25) is 0 Å². The minimum absolute atomic E-state index is 0.0344. The molecule has 0 radical (unpaired) electrons. The molecule has 0 unspecified atom stereocenters. The van der Waals surface area contributed by atoms with Crippen molar-refractivity contribution in [2.75, 3.05) is 22.9 Å². The SMILES string of the molecule is COC(=O)Nc1ccc(NS(=O)(=O)CCCC(=O)O)cc1. The van der Waals surface area contributed by atoms with Gasteiger partial charge in [0.25, 0.3) is 0 Å². The first-order chi connectivity index (χ1) is 9.82. The summed E-state index contributed by atoms with van der Waals surface area (Å²) in [5, 5.41) is 10.9. The Hall–Kier alpha value is -2.29. The quantitative estimate of drug-likeness (QED) is 0.700. The lowest BCUT2D eigenvalue weighted by Gasteiger charge is -2.08. The van der Waals surface area contributed by atoms with Crippen LogP contribution in [0.25, 0.3) is 0 Å². The molecule has 0 spiro atoms. The maximum atomic E-state index is 11.7. The number of sulfonamides is 1. The lowest BCUT2D eigenvalue weighted by atomic mass is 10.3. The Labute approximate surface area is 122 Å². The van der Waals surface area contributed by atoms with Crippen LogP contribution in [0.4, 0.5) is 16.2 Å². The molecule has 9 heteroatoms. The van der Waals surface area contributed by atoms with Crippen molar-refractivity contribution in [2.45, 2.75) is 12.8 Å². The van der Waals surface area contributed by atoms with Gasteiger partial charge in [0.05, 0.1) is 12.9 Å². The van der Waals surface area contributed by atoms with Crippen LogP contribution in [0.15, 0.2) is 24.3 Å². The summed E-state index contributed by atoms with van der Waals surface area (Å²) in [6.45, 7) is 0. The minimum atomic E-state index is -3.60. The summed E-state index contributed by atoms with van der Waals surface area (Å²) >= 11 is 0. The summed E-state index contributed by atoms with van der Waals surface area (Å²) < 4.78 is 30.1. The van der Waals surface area contributed by atoms with Crippen LogP contribution in [0.5, 0.6) is 0 Å². The third-order valence-corrected chi connectivity index (χ3v) is 3.77. The van der Waals surface area contributed by atoms with Crippen LogP contribution in [-0.4, -0.2) is 38.4 Å². The van der Waals surface area contributed by atoms with Gasteiger partial charge in [-0.05, 0) is 30.7 Å². The fourth-order valence-corrected chi connectivity index (χ4v) is 2.56. The average Bonchev–Trinajstić information content (AvgIpc) is 2.39. The predicted octanol–water partition coefficient (Wildman–Crippen LogP) is 1.47. The molecule has 0 aliphatic carbocycles. The number of methoxy groups -OCH3 is 1. The molecule has 1 amide bonds. The smallest absolute Gasteiger partial charge is 0.411 e. The highest BCUT2D eigenvalue weighted by atomic mass is 32.2. The maximum absolute atomic E-state index is 11.7. The lowest BCUT2D eigenvalue weighted by Crippen LogP contribution is -2.17. The third-order valence-electron chi connectivity index (χ3n) is 2.39. The van der Waals surface area contributed by atoms with Gasteiger partial charge in [-0.2, -0.15) is 0 Å². The summed E-state index contributed by atoms with van der Waals surface area (Å²) in [6.07, 6.45) is -0.799. The van der Waals surface area contributed by atoms with Gasteiger partial charge in [0, 0.05) is 17.8 Å². The van der Waals surface area contributed by atoms with Crippen LogP contribution in [0.1, 0.15) is 12.8 Å². The van der Waals surface area contributed by atoms with Crippen molar-refractivity contribution >= 4 is 33.5 Å². The number of nitrogens with one attached hydrogen (secondary N) is 2. The third kappa shape index (κ3) is 6.61. The fourth-order valence-electron chi connectivity index (χ4n) is 1.43. The van der Waals surface area contributed by atoms with E-state index in [0.29, 0.717) is 11.4 Å². The standard InChI is InChI=1S/C12H16N2O6S/c1-20-12(17)13-9-4-6-10(7-5-9)14-21(18,19)8-2-3-11(15)16/h4-7,14H,2-3,8H2,1H3,(H,13,17)(H,15,16). The topological polar surface area (TPSA) is 122 Å². The predicted molar refractivity (Wildman–Crippen MR) is 76.7 cm³/mol. The number of carbonyl (C=O) groups excluding carboxylic acids is 1. The number of benzene rings is 1. The number of aliphatic carboxylic acids is 1. The van der Waals surface area contributed by atoms with Gasteiger partial charge in [-0.1, -0.05) is 0 Å². The molecule has 0 bridgehead atoms. The van der Waals surface area contributed by atoms with Crippen molar-refractivity contribution in [3.63, 3.8) is 0 Å². The highest BCUT2D eigenvalue weighted by molar-refractivity contribution is 7.92. The van der Waals surface area contributed by atoms with E-state index in [-0.39, 0.29) is 18.6 Å². The second-order valence-electron chi connectivity index (χ2n) is 4.11. The number of hydrogen-bond donors (Lipinski definition) is 3. The molecule has 21 heavy (non-hydrogen) atoms. The Balaban J connectivity index is 2.58. The van der Waals surface area contributed by atoms with Crippen molar-refractivity contribution in [3.05, 3.63) is 24.3 Å². The fraction of sp³-hybridized carbons (Fsp3) is 0.333. The molecule has 0 aromatic heterocycles. The highest BCUT2D eigenvalue weighted by Crippen LogP contribution is 2.15. The molecule has 0 aliphatic heterocycles. The molecule has 1 rings (SSSR count). The second kappa shape index (κ2) is 7.48. The zero-order valence-corrected chi connectivity index (χ0v) is 12.1. The van der Waals surface area contributed by atoms with Crippen LogP contribution in [0.3, 0.4) is 0 Å². The number of carboxylic acid groups (broad SMARTS) is 1. The van der Waals surface area contributed by atoms with Crippen molar-refractivity contribution in [1.82, 2.24) is 0 Å². The van der Waals surface area contributed by atoms with Crippen molar-refractivity contribution in [2.24, 2.45) is 0 Å². The molecule has 8 nitrogen and oxygen atoms in total. The van der Waals surface area contributed by atoms with Crippen LogP contribution in [-0.2, 0) is 19.6 Å². The van der Waals surface area contributed by atoms with E-state index >= 15 is 0 Å². The monoisotopic (exact) mass is 316 g/mol. The van der Waals surface area contributed by atoms with Crippen LogP contribution < -0.4 is 10.0 Å². The number of rotatable bonds is 7. The minimum Gasteiger partial charge on any atom is -0.481 e. The highest BCUT2D eigenvalue weighted by Gasteiger charge is 2.11. The number of amides is 1. The Morgan fingerprint density at radius 2 is 1.76 bits per heavy atom. The van der Waals surface area contributed by atoms with E-state index in [4.69, 9.17) is 5.11 Å². The first-order valence-electron chi connectivity index (χ1n) is 6.00. The lowest BCUT2D eigenvalue weighted by molar-refractivity contribution is -0.137. The number of ether oxygens (including phenoxy) is 1. The molecule has 0 aliphatic rings. The summed E-state index contributed by atoms with van der Waals surface area (Å²) in [7, 11) is -2.37. The van der Waals surface area contributed by atoms with E-state index in [1.807, 2.05) is 0 Å². The van der Waals surface area contributed by atoms with Crippen LogP contribution in [0, 0.1) is 0 Å². The first-order valence-corrected chi connectivity index (χ1v) is 7.65. The van der Waals surface area contributed by atoms with Gasteiger partial charge in [0.15, 0.2) is 0 Å². The molecule has 1 aromatic rings. The molecule has 0 saturated carbocycles. The van der Waals surface area contributed by atoms with Gasteiger partial charge < -0.3 is 9.84 Å². The number of anilines is 2. The van der Waals surface area contributed by atoms with Gasteiger partial charge in [-0.25, -0.2) is 13.2 Å². The molecule has 1 aromatic carbocycles. The molecule has 116 valence electrons. The number of carbonyl (C=O) groups is 2. The van der Waals surface area contributed by atoms with Gasteiger partial charge in [-0.15, -0.1) is 0 Å². The summed E-state index contributed by atoms with van der Waals surface area (Å²) in [5.41, 5.74) is 0.774. The van der Waals surface area contributed by atoms with E-state index in [1.54, 1.807) is 0 Å². The maximum Gasteiger partial charge on any atom is 0.411 e. The Kier molecular flexibility index (Phi) is 5.97. The number of hydrogen-bond acceptors (Lipinski definition) is 5. The van der Waals surface area contributed by atoms with E-state index in [9.17, 15) is 18.0 Å². The van der Waals surface area contributed by atoms with E-state index in [0.717, 1.165) is 0 Å². The van der Waals surface area contributed by atoms with Crippen molar-refractivity contribution < 1.29 is 27.9 Å². The zero-order chi connectivity index (χ0) is 15.9. The Morgan fingerprint density at radius 1 is 1.19 bits per heavy atom.